The highest BCUT2D eigenvalue weighted by molar-refractivity contribution is 5.99. The molecule has 3 rings (SSSR count). The molecule has 0 saturated heterocycles. The molecule has 2 atom stereocenters. The smallest absolute Gasteiger partial charge is 0.328 e. The highest BCUT2D eigenvalue weighted by atomic mass is 19.1. The van der Waals surface area contributed by atoms with Gasteiger partial charge in [-0.2, -0.15) is 0 Å². The Morgan fingerprint density at radius 1 is 0.881 bits per heavy atom. The van der Waals surface area contributed by atoms with Gasteiger partial charge in [-0.3, -0.25) is 14.4 Å². The van der Waals surface area contributed by atoms with Crippen LogP contribution >= 0.6 is 0 Å². The number of nitrogens with zero attached hydrogens (tertiary/aromatic N) is 1. The van der Waals surface area contributed by atoms with E-state index in [1.54, 1.807) is 45.0 Å². The predicted molar refractivity (Wildman–Crippen MR) is 147 cm³/mol. The first-order valence-corrected chi connectivity index (χ1v) is 13.0. The molecule has 0 bridgehead atoms. The average molecular weight is 584 g/mol. The molecule has 0 aliphatic rings. The lowest BCUT2D eigenvalue weighted by atomic mass is 9.87. The zero-order valence-corrected chi connectivity index (χ0v) is 23.4. The Balaban J connectivity index is 1.76. The summed E-state index contributed by atoms with van der Waals surface area (Å²) in [4.78, 5) is 53.0. The molecule has 12 heteroatoms. The fraction of sp³-hybridized carbons (Fsp3) is 0.300. The molecule has 3 aromatic rings. The number of carbonyl (C=O) groups excluding carboxylic acids is 4. The second kappa shape index (κ2) is 14.7. The third kappa shape index (κ3) is 8.32. The van der Waals surface area contributed by atoms with Gasteiger partial charge in [-0.1, -0.05) is 38.1 Å². The number of hydrogen-bond acceptors (Lipinski definition) is 8. The molecular formula is C30H31F2N3O7. The number of aromatic nitrogens is 1. The van der Waals surface area contributed by atoms with Gasteiger partial charge in [-0.05, 0) is 55.3 Å². The molecule has 1 unspecified atom stereocenters. The number of rotatable bonds is 13. The summed E-state index contributed by atoms with van der Waals surface area (Å²) < 4.78 is 43.3. The number of benzene rings is 2. The fourth-order valence-electron chi connectivity index (χ4n) is 4.00. The number of pyridine rings is 1. The zero-order chi connectivity index (χ0) is 30.8. The van der Waals surface area contributed by atoms with Gasteiger partial charge in [0.2, 0.25) is 13.2 Å². The van der Waals surface area contributed by atoms with Gasteiger partial charge in [0.15, 0.2) is 11.4 Å². The van der Waals surface area contributed by atoms with Crippen molar-refractivity contribution in [2.45, 2.75) is 45.8 Å². The summed E-state index contributed by atoms with van der Waals surface area (Å²) in [6.07, 6.45) is 0.805. The van der Waals surface area contributed by atoms with E-state index in [-0.39, 0.29) is 17.1 Å². The second-order valence-electron chi connectivity index (χ2n) is 9.60. The minimum Gasteiger partial charge on any atom is -0.460 e. The Morgan fingerprint density at radius 2 is 1.45 bits per heavy atom. The highest BCUT2D eigenvalue weighted by Crippen LogP contribution is 2.31. The monoisotopic (exact) mass is 583 g/mol. The third-order valence-corrected chi connectivity index (χ3v) is 6.14. The maximum absolute atomic E-state index is 13.6. The van der Waals surface area contributed by atoms with Crippen molar-refractivity contribution in [3.8, 4) is 5.75 Å². The Hall–Kier alpha value is -4.87. The molecule has 2 N–H and O–H groups in total. The molecule has 0 radical (unpaired) electrons. The number of halogens is 2. The van der Waals surface area contributed by atoms with Gasteiger partial charge in [0.05, 0.1) is 11.6 Å². The normalized spacial score (nSPS) is 12.3. The van der Waals surface area contributed by atoms with E-state index in [1.165, 1.54) is 43.5 Å². The lowest BCUT2D eigenvalue weighted by molar-refractivity contribution is -0.154. The van der Waals surface area contributed by atoms with Gasteiger partial charge < -0.3 is 24.8 Å². The van der Waals surface area contributed by atoms with Gasteiger partial charge >= 0.3 is 11.9 Å². The lowest BCUT2D eigenvalue weighted by Crippen LogP contribution is -2.41. The molecule has 0 spiro atoms. The number of esters is 2. The second-order valence-corrected chi connectivity index (χ2v) is 9.60. The SMILES string of the molecule is CC(C)C(=O)OCOc1c(NC=O)ccnc1C(=O)N[C@@H](C)C(=O)OC(C)C(c1ccc(F)cc1)c1ccc(F)cc1. The Bertz CT molecular complexity index is 1350. The molecule has 10 nitrogen and oxygen atoms in total. The number of anilines is 1. The molecule has 1 aromatic heterocycles. The van der Waals surface area contributed by atoms with E-state index in [1.807, 2.05) is 0 Å². The van der Waals surface area contributed by atoms with Crippen molar-refractivity contribution in [2.75, 3.05) is 12.1 Å². The highest BCUT2D eigenvalue weighted by Gasteiger charge is 2.29. The van der Waals surface area contributed by atoms with Crippen LogP contribution in [0, 0.1) is 17.6 Å². The minimum absolute atomic E-state index is 0.0797. The number of ether oxygens (including phenoxy) is 3. The van der Waals surface area contributed by atoms with Gasteiger partial charge in [0, 0.05) is 12.1 Å². The standard InChI is InChI=1S/C30H31F2N3O7/c1-17(2)29(38)41-16-40-27-24(34-15-36)13-14-33-26(27)28(37)35-18(3)30(39)42-19(4)25(20-5-9-22(31)10-6-20)21-7-11-23(32)12-8-21/h5-15,17-19,25H,16H2,1-4H3,(H,35,37)(H,33,34,36)/t18-,19?/m0/s1. The van der Waals surface area contributed by atoms with E-state index in [0.29, 0.717) is 17.5 Å². The van der Waals surface area contributed by atoms with E-state index >= 15 is 0 Å². The Labute approximate surface area is 241 Å². The van der Waals surface area contributed by atoms with Crippen LogP contribution in [0.25, 0.3) is 0 Å². The maximum atomic E-state index is 13.6. The van der Waals surface area contributed by atoms with Crippen LogP contribution in [-0.2, 0) is 23.9 Å². The van der Waals surface area contributed by atoms with Crippen molar-refractivity contribution in [3.63, 3.8) is 0 Å². The third-order valence-electron chi connectivity index (χ3n) is 6.14. The van der Waals surface area contributed by atoms with Crippen LogP contribution in [0.2, 0.25) is 0 Å². The van der Waals surface area contributed by atoms with Gasteiger partial charge in [0.1, 0.15) is 23.8 Å². The van der Waals surface area contributed by atoms with Gasteiger partial charge in [-0.25, -0.2) is 18.6 Å². The molecular weight excluding hydrogens is 552 g/mol. The van der Waals surface area contributed by atoms with Gasteiger partial charge in [0.25, 0.3) is 5.91 Å². The molecule has 42 heavy (non-hydrogen) atoms. The molecule has 2 amide bonds. The number of nitrogens with one attached hydrogen (secondary N) is 2. The first-order valence-electron chi connectivity index (χ1n) is 13.0. The maximum Gasteiger partial charge on any atom is 0.328 e. The van der Waals surface area contributed by atoms with E-state index in [0.717, 1.165) is 0 Å². The summed E-state index contributed by atoms with van der Waals surface area (Å²) in [5.41, 5.74) is 1.05. The van der Waals surface area contributed by atoms with E-state index < -0.39 is 60.3 Å². The summed E-state index contributed by atoms with van der Waals surface area (Å²) in [5, 5.41) is 4.86. The summed E-state index contributed by atoms with van der Waals surface area (Å²) in [6, 6.07) is 11.5. The van der Waals surface area contributed by atoms with Crippen molar-refractivity contribution in [1.82, 2.24) is 10.3 Å². The lowest BCUT2D eigenvalue weighted by Gasteiger charge is -2.26. The topological polar surface area (TPSA) is 133 Å². The fourth-order valence-corrected chi connectivity index (χ4v) is 4.00. The summed E-state index contributed by atoms with van der Waals surface area (Å²) in [5.74, 6) is -4.22. The van der Waals surface area contributed by atoms with Crippen LogP contribution < -0.4 is 15.4 Å². The summed E-state index contributed by atoms with van der Waals surface area (Å²) in [6.45, 7) is 5.74. The van der Waals surface area contributed by atoms with Crippen molar-refractivity contribution < 1.29 is 42.2 Å². The number of carbonyl (C=O) groups is 4. The molecule has 0 fully saturated rings. The van der Waals surface area contributed by atoms with Crippen LogP contribution in [-0.4, -0.2) is 48.2 Å². The largest absolute Gasteiger partial charge is 0.460 e. The van der Waals surface area contributed by atoms with Crippen molar-refractivity contribution >= 4 is 29.9 Å². The van der Waals surface area contributed by atoms with Crippen LogP contribution in [0.1, 0.15) is 55.2 Å². The quantitative estimate of drug-likeness (QED) is 0.173. The first-order chi connectivity index (χ1) is 20.0. The van der Waals surface area contributed by atoms with E-state index in [2.05, 4.69) is 15.6 Å². The van der Waals surface area contributed by atoms with Crippen LogP contribution in [0.4, 0.5) is 14.5 Å². The summed E-state index contributed by atoms with van der Waals surface area (Å²) >= 11 is 0. The molecule has 2 aromatic carbocycles. The predicted octanol–water partition coefficient (Wildman–Crippen LogP) is 4.35. The van der Waals surface area contributed by atoms with Crippen LogP contribution in [0.3, 0.4) is 0 Å². The first kappa shape index (κ1) is 31.7. The molecule has 222 valence electrons. The molecule has 0 aliphatic heterocycles. The number of amides is 2. The van der Waals surface area contributed by atoms with E-state index in [9.17, 15) is 28.0 Å². The molecule has 0 aliphatic carbocycles. The van der Waals surface area contributed by atoms with Crippen molar-refractivity contribution in [3.05, 3.63) is 89.2 Å². The van der Waals surface area contributed by atoms with Crippen molar-refractivity contribution in [2.24, 2.45) is 5.92 Å². The Kier molecular flexibility index (Phi) is 11.1. The average Bonchev–Trinajstić information content (AvgIpc) is 2.95. The molecule has 0 saturated carbocycles. The zero-order valence-electron chi connectivity index (χ0n) is 23.4. The van der Waals surface area contributed by atoms with Crippen molar-refractivity contribution in [1.29, 1.82) is 0 Å². The van der Waals surface area contributed by atoms with Crippen LogP contribution in [0.15, 0.2) is 60.8 Å². The minimum atomic E-state index is -1.17. The van der Waals surface area contributed by atoms with Crippen LogP contribution in [0.5, 0.6) is 5.75 Å². The molecule has 1 heterocycles. The van der Waals surface area contributed by atoms with Gasteiger partial charge in [-0.15, -0.1) is 0 Å². The van der Waals surface area contributed by atoms with E-state index in [4.69, 9.17) is 14.2 Å². The number of hydrogen-bond donors (Lipinski definition) is 2. The summed E-state index contributed by atoms with van der Waals surface area (Å²) in [7, 11) is 0. The Morgan fingerprint density at radius 3 is 1.98 bits per heavy atom.